The summed E-state index contributed by atoms with van der Waals surface area (Å²) in [5.41, 5.74) is 7.62. The second kappa shape index (κ2) is 9.98. The number of nitrogen functional groups attached to an aromatic ring is 1. The van der Waals surface area contributed by atoms with Crippen LogP contribution in [0.1, 0.15) is 45.6 Å². The fraction of sp³-hybridized carbons (Fsp3) is 0.611. The highest BCUT2D eigenvalue weighted by Gasteiger charge is 2.13. The molecule has 23 heavy (non-hydrogen) atoms. The van der Waals surface area contributed by atoms with Crippen molar-refractivity contribution in [2.24, 2.45) is 0 Å². The summed E-state index contributed by atoms with van der Waals surface area (Å²) in [5, 5.41) is 0. The van der Waals surface area contributed by atoms with Gasteiger partial charge in [0.2, 0.25) is 5.91 Å². The molecule has 0 aliphatic carbocycles. The number of amides is 1. The molecule has 1 aromatic rings. The van der Waals surface area contributed by atoms with Crippen LogP contribution in [-0.4, -0.2) is 37.6 Å². The van der Waals surface area contributed by atoms with E-state index in [1.165, 1.54) is 0 Å². The molecule has 1 rings (SSSR count). The summed E-state index contributed by atoms with van der Waals surface area (Å²) < 4.78 is 11.2. The van der Waals surface area contributed by atoms with Gasteiger partial charge in [-0.3, -0.25) is 4.79 Å². The normalized spacial score (nSPS) is 10.4. The Labute approximate surface area is 139 Å². The lowest BCUT2D eigenvalue weighted by Crippen LogP contribution is -2.27. The van der Waals surface area contributed by atoms with Crippen LogP contribution in [0.15, 0.2) is 12.1 Å². The fourth-order valence-electron chi connectivity index (χ4n) is 2.35. The zero-order valence-electron chi connectivity index (χ0n) is 14.9. The monoisotopic (exact) mass is 322 g/mol. The lowest BCUT2D eigenvalue weighted by atomic mass is 10.1. The molecule has 0 aliphatic rings. The predicted octanol–water partition coefficient (Wildman–Crippen LogP) is 3.26. The molecule has 1 aromatic carbocycles. The predicted molar refractivity (Wildman–Crippen MR) is 94.1 cm³/mol. The Balaban J connectivity index is 2.75. The van der Waals surface area contributed by atoms with Crippen molar-refractivity contribution < 1.29 is 14.3 Å². The lowest BCUT2D eigenvalue weighted by Gasteiger charge is -2.18. The molecule has 1 amide bonds. The number of anilines is 1. The first kappa shape index (κ1) is 19.1. The van der Waals surface area contributed by atoms with E-state index in [4.69, 9.17) is 15.2 Å². The molecule has 0 radical (unpaired) electrons. The first-order valence-corrected chi connectivity index (χ1v) is 8.45. The van der Waals surface area contributed by atoms with Gasteiger partial charge in [-0.25, -0.2) is 0 Å². The number of aryl methyl sites for hydroxylation is 1. The summed E-state index contributed by atoms with van der Waals surface area (Å²) in [6.07, 6.45) is 3.24. The molecule has 5 nitrogen and oxygen atoms in total. The fourth-order valence-corrected chi connectivity index (χ4v) is 2.35. The van der Waals surface area contributed by atoms with Crippen LogP contribution < -0.4 is 15.2 Å². The van der Waals surface area contributed by atoms with Gasteiger partial charge in [0.15, 0.2) is 11.5 Å². The van der Waals surface area contributed by atoms with Crippen LogP contribution in [-0.2, 0) is 11.2 Å². The van der Waals surface area contributed by atoms with Gasteiger partial charge in [-0.15, -0.1) is 0 Å². The molecular weight excluding hydrogens is 292 g/mol. The molecule has 0 aromatic heterocycles. The Hall–Kier alpha value is -1.91. The summed E-state index contributed by atoms with van der Waals surface area (Å²) >= 11 is 0. The highest BCUT2D eigenvalue weighted by molar-refractivity contribution is 5.76. The van der Waals surface area contributed by atoms with Gasteiger partial charge >= 0.3 is 0 Å². The van der Waals surface area contributed by atoms with Crippen molar-refractivity contribution in [3.8, 4) is 11.5 Å². The van der Waals surface area contributed by atoms with Crippen molar-refractivity contribution in [3.05, 3.63) is 17.7 Å². The molecule has 0 saturated carbocycles. The maximum absolute atomic E-state index is 12.1. The molecule has 130 valence electrons. The van der Waals surface area contributed by atoms with Gasteiger partial charge in [0, 0.05) is 20.0 Å². The number of carbonyl (C=O) groups is 1. The van der Waals surface area contributed by atoms with Crippen LogP contribution in [0.3, 0.4) is 0 Å². The SMILES string of the molecule is CCCCN(C)C(=O)CCc1cc(N)c(OCC)c(OCC)c1. The zero-order chi connectivity index (χ0) is 17.2. The van der Waals surface area contributed by atoms with Crippen LogP contribution in [0.2, 0.25) is 0 Å². The molecule has 0 unspecified atom stereocenters. The second-order valence-corrected chi connectivity index (χ2v) is 5.55. The highest BCUT2D eigenvalue weighted by atomic mass is 16.5. The number of benzene rings is 1. The van der Waals surface area contributed by atoms with E-state index in [1.807, 2.05) is 33.0 Å². The highest BCUT2D eigenvalue weighted by Crippen LogP contribution is 2.35. The van der Waals surface area contributed by atoms with Gasteiger partial charge < -0.3 is 20.1 Å². The smallest absolute Gasteiger partial charge is 0.222 e. The third-order valence-electron chi connectivity index (χ3n) is 3.63. The summed E-state index contributed by atoms with van der Waals surface area (Å²) in [4.78, 5) is 13.9. The van der Waals surface area contributed by atoms with Crippen molar-refractivity contribution in [1.29, 1.82) is 0 Å². The number of carbonyl (C=O) groups excluding carboxylic acids is 1. The van der Waals surface area contributed by atoms with E-state index < -0.39 is 0 Å². The number of unbranched alkanes of at least 4 members (excludes halogenated alkanes) is 1. The number of hydrogen-bond donors (Lipinski definition) is 1. The minimum atomic E-state index is 0.156. The minimum Gasteiger partial charge on any atom is -0.490 e. The molecular formula is C18H30N2O3. The van der Waals surface area contributed by atoms with Crippen LogP contribution >= 0.6 is 0 Å². The molecule has 2 N–H and O–H groups in total. The Bertz CT molecular complexity index is 503. The summed E-state index contributed by atoms with van der Waals surface area (Å²) in [6, 6.07) is 3.79. The van der Waals surface area contributed by atoms with Crippen LogP contribution in [0.25, 0.3) is 0 Å². The van der Waals surface area contributed by atoms with Crippen LogP contribution in [0, 0.1) is 0 Å². The first-order chi connectivity index (χ1) is 11.0. The van der Waals surface area contributed by atoms with Gasteiger partial charge in [-0.2, -0.15) is 0 Å². The topological polar surface area (TPSA) is 64.8 Å². The largest absolute Gasteiger partial charge is 0.490 e. The molecule has 0 heterocycles. The van der Waals surface area contributed by atoms with E-state index >= 15 is 0 Å². The molecule has 0 atom stereocenters. The van der Waals surface area contributed by atoms with E-state index in [2.05, 4.69) is 6.92 Å². The molecule has 5 heteroatoms. The Morgan fingerprint density at radius 1 is 1.17 bits per heavy atom. The summed E-state index contributed by atoms with van der Waals surface area (Å²) in [7, 11) is 1.86. The molecule has 0 fully saturated rings. The molecule has 0 aliphatic heterocycles. The van der Waals surface area contributed by atoms with E-state index in [9.17, 15) is 4.79 Å². The van der Waals surface area contributed by atoms with E-state index in [0.717, 1.165) is 24.9 Å². The quantitative estimate of drug-likeness (QED) is 0.672. The molecule has 0 spiro atoms. The Morgan fingerprint density at radius 2 is 1.87 bits per heavy atom. The number of ether oxygens (including phenoxy) is 2. The second-order valence-electron chi connectivity index (χ2n) is 5.55. The number of rotatable bonds is 10. The van der Waals surface area contributed by atoms with Crippen LogP contribution in [0.4, 0.5) is 5.69 Å². The standard InChI is InChI=1S/C18H30N2O3/c1-5-8-11-20(4)17(21)10-9-14-12-15(19)18(23-7-3)16(13-14)22-6-2/h12-13H,5-11,19H2,1-4H3. The maximum Gasteiger partial charge on any atom is 0.222 e. The van der Waals surface area contributed by atoms with Gasteiger partial charge in [0.1, 0.15) is 0 Å². The van der Waals surface area contributed by atoms with Gasteiger partial charge in [0.05, 0.1) is 18.9 Å². The van der Waals surface area contributed by atoms with Crippen molar-refractivity contribution in [3.63, 3.8) is 0 Å². The maximum atomic E-state index is 12.1. The van der Waals surface area contributed by atoms with Crippen molar-refractivity contribution >= 4 is 11.6 Å². The average Bonchev–Trinajstić information content (AvgIpc) is 2.53. The Kier molecular flexibility index (Phi) is 8.30. The van der Waals surface area contributed by atoms with Crippen molar-refractivity contribution in [1.82, 2.24) is 4.90 Å². The first-order valence-electron chi connectivity index (χ1n) is 8.45. The van der Waals surface area contributed by atoms with Gasteiger partial charge in [0.25, 0.3) is 0 Å². The Morgan fingerprint density at radius 3 is 2.48 bits per heavy atom. The molecule has 0 saturated heterocycles. The number of nitrogens with two attached hydrogens (primary N) is 1. The minimum absolute atomic E-state index is 0.156. The third-order valence-corrected chi connectivity index (χ3v) is 3.63. The summed E-state index contributed by atoms with van der Waals surface area (Å²) in [5.74, 6) is 1.39. The average molecular weight is 322 g/mol. The van der Waals surface area contributed by atoms with Crippen molar-refractivity contribution in [2.75, 3.05) is 32.5 Å². The van der Waals surface area contributed by atoms with Gasteiger partial charge in [-0.05, 0) is 44.4 Å². The van der Waals surface area contributed by atoms with Crippen LogP contribution in [0.5, 0.6) is 11.5 Å². The number of nitrogens with zero attached hydrogens (tertiary/aromatic N) is 1. The third kappa shape index (κ3) is 6.00. The zero-order valence-corrected chi connectivity index (χ0v) is 14.9. The number of hydrogen-bond acceptors (Lipinski definition) is 4. The summed E-state index contributed by atoms with van der Waals surface area (Å²) in [6.45, 7) is 7.84. The van der Waals surface area contributed by atoms with Crippen molar-refractivity contribution in [2.45, 2.75) is 46.5 Å². The van der Waals surface area contributed by atoms with E-state index in [0.29, 0.717) is 43.2 Å². The molecule has 0 bridgehead atoms. The lowest BCUT2D eigenvalue weighted by molar-refractivity contribution is -0.129. The van der Waals surface area contributed by atoms with E-state index in [-0.39, 0.29) is 5.91 Å². The van der Waals surface area contributed by atoms with E-state index in [1.54, 1.807) is 4.90 Å². The van der Waals surface area contributed by atoms with Gasteiger partial charge in [-0.1, -0.05) is 13.3 Å².